The number of Topliss-reactive ketones (excluding diaryl/α,β-unsaturated/α-hetero) is 1. The summed E-state index contributed by atoms with van der Waals surface area (Å²) in [5, 5.41) is 13.0. The van der Waals surface area contributed by atoms with Gasteiger partial charge in [0.05, 0.1) is 18.9 Å². The predicted molar refractivity (Wildman–Crippen MR) is 123 cm³/mol. The van der Waals surface area contributed by atoms with Crippen LogP contribution in [0.5, 0.6) is 0 Å². The molecular formula is C20H29N5O4S2. The zero-order valence-corrected chi connectivity index (χ0v) is 19.8. The van der Waals surface area contributed by atoms with Crippen molar-refractivity contribution in [3.63, 3.8) is 0 Å². The lowest BCUT2D eigenvalue weighted by Crippen LogP contribution is -2.27. The minimum Gasteiger partial charge on any atom is -0.394 e. The molecule has 0 saturated carbocycles. The monoisotopic (exact) mass is 467 g/mol. The fourth-order valence-corrected chi connectivity index (χ4v) is 4.04. The Morgan fingerprint density at radius 1 is 1.13 bits per heavy atom. The number of hydrogen-bond donors (Lipinski definition) is 3. The van der Waals surface area contributed by atoms with Gasteiger partial charge in [-0.15, -0.1) is 0 Å². The predicted octanol–water partition coefficient (Wildman–Crippen LogP) is 2.60. The number of ketones is 1. The average molecular weight is 468 g/mol. The second-order valence-corrected chi connectivity index (χ2v) is 10.5. The topological polar surface area (TPSA) is 134 Å². The third-order valence-corrected chi connectivity index (χ3v) is 5.59. The zero-order valence-electron chi connectivity index (χ0n) is 18.1. The van der Waals surface area contributed by atoms with E-state index in [1.165, 1.54) is 18.7 Å². The van der Waals surface area contributed by atoms with Crippen LogP contribution < -0.4 is 10.0 Å². The first-order chi connectivity index (χ1) is 14.6. The number of carbonyl (C=O) groups is 1. The molecule has 9 nitrogen and oxygen atoms in total. The maximum absolute atomic E-state index is 11.6. The van der Waals surface area contributed by atoms with E-state index in [9.17, 15) is 18.3 Å². The van der Waals surface area contributed by atoms with E-state index in [0.29, 0.717) is 28.8 Å². The molecule has 0 bridgehead atoms. The summed E-state index contributed by atoms with van der Waals surface area (Å²) >= 11 is 1.36. The number of sulfonamides is 1. The molecule has 0 aliphatic carbocycles. The highest BCUT2D eigenvalue weighted by atomic mass is 32.2. The van der Waals surface area contributed by atoms with Crippen molar-refractivity contribution in [1.82, 2.24) is 15.0 Å². The van der Waals surface area contributed by atoms with Crippen LogP contribution >= 0.6 is 11.8 Å². The summed E-state index contributed by atoms with van der Waals surface area (Å²) in [6, 6.07) is 7.15. The highest BCUT2D eigenvalue weighted by Crippen LogP contribution is 2.20. The molecule has 3 N–H and O–H groups in total. The summed E-state index contributed by atoms with van der Waals surface area (Å²) in [7, 11) is -3.56. The fraction of sp³-hybridized carbons (Fsp3) is 0.500. The Balaban J connectivity index is 2.12. The van der Waals surface area contributed by atoms with Crippen molar-refractivity contribution in [1.29, 1.82) is 0 Å². The first-order valence-corrected chi connectivity index (χ1v) is 12.8. The maximum Gasteiger partial charge on any atom is 0.242 e. The number of anilines is 2. The minimum atomic E-state index is -3.56. The van der Waals surface area contributed by atoms with Gasteiger partial charge in [0.2, 0.25) is 21.9 Å². The van der Waals surface area contributed by atoms with Gasteiger partial charge in [-0.05, 0) is 31.2 Å². The highest BCUT2D eigenvalue weighted by molar-refractivity contribution is 7.99. The summed E-state index contributed by atoms with van der Waals surface area (Å²) < 4.78 is 25.5. The molecule has 0 aliphatic rings. The van der Waals surface area contributed by atoms with E-state index >= 15 is 0 Å². The van der Waals surface area contributed by atoms with Gasteiger partial charge in [0.15, 0.2) is 10.9 Å². The van der Waals surface area contributed by atoms with E-state index in [1.807, 2.05) is 26.0 Å². The Morgan fingerprint density at radius 3 is 2.32 bits per heavy atom. The van der Waals surface area contributed by atoms with Crippen LogP contribution in [0.1, 0.15) is 43.1 Å². The Bertz CT molecular complexity index is 982. The lowest BCUT2D eigenvalue weighted by molar-refractivity contribution is 0.101. The number of rotatable bonds is 12. The number of benzene rings is 1. The van der Waals surface area contributed by atoms with Crippen molar-refractivity contribution in [2.75, 3.05) is 28.7 Å². The number of aliphatic hydroxyl groups excluding tert-OH is 1. The van der Waals surface area contributed by atoms with E-state index in [4.69, 9.17) is 0 Å². The largest absolute Gasteiger partial charge is 0.394 e. The van der Waals surface area contributed by atoms with Crippen LogP contribution in [-0.4, -0.2) is 58.9 Å². The smallest absolute Gasteiger partial charge is 0.242 e. The molecule has 0 amide bonds. The number of aliphatic hydroxyl groups is 1. The third-order valence-electron chi connectivity index (χ3n) is 4.18. The first kappa shape index (κ1) is 25.0. The Hall–Kier alpha value is -2.24. The molecule has 0 radical (unpaired) electrons. The van der Waals surface area contributed by atoms with E-state index in [1.54, 1.807) is 12.1 Å². The molecule has 1 heterocycles. The second-order valence-electron chi connectivity index (χ2n) is 7.64. The molecule has 1 aromatic heterocycles. The van der Waals surface area contributed by atoms with Crippen molar-refractivity contribution in [2.45, 2.75) is 44.8 Å². The normalized spacial score (nSPS) is 12.6. The SMILES string of the molecule is CC(=O)c1ccc(CCSc2nc(N[C@@H](CO)CC(C)C)nc(NS(C)(=O)=O)n2)cc1. The van der Waals surface area contributed by atoms with Crippen molar-refractivity contribution < 1.29 is 18.3 Å². The number of hydrogen-bond acceptors (Lipinski definition) is 9. The summed E-state index contributed by atoms with van der Waals surface area (Å²) in [5.74, 6) is 1.15. The molecule has 1 aromatic carbocycles. The van der Waals surface area contributed by atoms with Gasteiger partial charge in [0.25, 0.3) is 0 Å². The van der Waals surface area contributed by atoms with Crippen LogP contribution in [0.3, 0.4) is 0 Å². The van der Waals surface area contributed by atoms with Crippen molar-refractivity contribution in [3.8, 4) is 0 Å². The molecule has 1 atom stereocenters. The van der Waals surface area contributed by atoms with Gasteiger partial charge in [-0.25, -0.2) is 8.42 Å². The van der Waals surface area contributed by atoms with Crippen LogP contribution in [0.25, 0.3) is 0 Å². The number of carbonyl (C=O) groups excluding carboxylic acids is 1. The minimum absolute atomic E-state index is 0.0238. The zero-order chi connectivity index (χ0) is 23.0. The molecule has 11 heteroatoms. The van der Waals surface area contributed by atoms with Gasteiger partial charge >= 0.3 is 0 Å². The molecular weight excluding hydrogens is 438 g/mol. The Labute approximate surface area is 187 Å². The third kappa shape index (κ3) is 9.19. The number of aryl methyl sites for hydroxylation is 1. The maximum atomic E-state index is 11.6. The van der Waals surface area contributed by atoms with Gasteiger partial charge in [-0.2, -0.15) is 15.0 Å². The van der Waals surface area contributed by atoms with Gasteiger partial charge < -0.3 is 10.4 Å². The van der Waals surface area contributed by atoms with Crippen LogP contribution in [0.2, 0.25) is 0 Å². The van der Waals surface area contributed by atoms with Crippen LogP contribution in [0.15, 0.2) is 29.4 Å². The first-order valence-electron chi connectivity index (χ1n) is 9.89. The second kappa shape index (κ2) is 11.4. The molecule has 2 aromatic rings. The molecule has 0 aliphatic heterocycles. The van der Waals surface area contributed by atoms with Crippen LogP contribution in [0.4, 0.5) is 11.9 Å². The van der Waals surface area contributed by atoms with E-state index in [-0.39, 0.29) is 30.3 Å². The van der Waals surface area contributed by atoms with Crippen molar-refractivity contribution in [3.05, 3.63) is 35.4 Å². The van der Waals surface area contributed by atoms with E-state index in [2.05, 4.69) is 25.0 Å². The number of thioether (sulfide) groups is 1. The van der Waals surface area contributed by atoms with Gasteiger partial charge in [0.1, 0.15) is 0 Å². The molecule has 31 heavy (non-hydrogen) atoms. The van der Waals surface area contributed by atoms with Gasteiger partial charge in [-0.1, -0.05) is 49.9 Å². The average Bonchev–Trinajstić information content (AvgIpc) is 2.66. The van der Waals surface area contributed by atoms with E-state index < -0.39 is 10.0 Å². The standard InChI is InChI=1S/C20H29N5O4S2/c1-13(2)11-17(12-26)21-18-22-19(25-31(4,28)29)24-20(23-18)30-10-9-15-5-7-16(8-6-15)14(3)27/h5-8,13,17,26H,9-12H2,1-4H3,(H2,21,22,23,24,25)/t17-/m1/s1. The van der Waals surface area contributed by atoms with E-state index in [0.717, 1.165) is 18.2 Å². The van der Waals surface area contributed by atoms with Crippen molar-refractivity contribution in [2.24, 2.45) is 5.92 Å². The van der Waals surface area contributed by atoms with Crippen LogP contribution in [-0.2, 0) is 16.4 Å². The molecule has 2 rings (SSSR count). The van der Waals surface area contributed by atoms with Crippen LogP contribution in [0, 0.1) is 5.92 Å². The molecule has 0 fully saturated rings. The summed E-state index contributed by atoms with van der Waals surface area (Å²) in [4.78, 5) is 24.1. The fourth-order valence-electron chi connectivity index (χ4n) is 2.79. The summed E-state index contributed by atoms with van der Waals surface area (Å²) in [6.45, 7) is 5.51. The number of nitrogens with zero attached hydrogens (tertiary/aromatic N) is 3. The Morgan fingerprint density at radius 2 is 1.77 bits per heavy atom. The summed E-state index contributed by atoms with van der Waals surface area (Å²) in [5.41, 5.74) is 1.73. The van der Waals surface area contributed by atoms with Gasteiger partial charge in [-0.3, -0.25) is 9.52 Å². The quantitative estimate of drug-likeness (QED) is 0.318. The lowest BCUT2D eigenvalue weighted by Gasteiger charge is -2.18. The number of aromatic nitrogens is 3. The van der Waals surface area contributed by atoms with Crippen molar-refractivity contribution >= 4 is 39.5 Å². The molecule has 170 valence electrons. The Kier molecular flexibility index (Phi) is 9.20. The van der Waals surface area contributed by atoms with Gasteiger partial charge in [0, 0.05) is 11.3 Å². The highest BCUT2D eigenvalue weighted by Gasteiger charge is 2.15. The molecule has 0 spiro atoms. The lowest BCUT2D eigenvalue weighted by atomic mass is 10.0. The molecule has 0 saturated heterocycles. The number of nitrogens with one attached hydrogen (secondary N) is 2. The summed E-state index contributed by atoms with van der Waals surface area (Å²) in [6.07, 6.45) is 2.45. The molecule has 0 unspecified atom stereocenters.